The van der Waals surface area contributed by atoms with Crippen molar-refractivity contribution in [3.8, 4) is 0 Å². The molecule has 4 rings (SSSR count). The molecule has 0 bridgehead atoms. The highest BCUT2D eigenvalue weighted by molar-refractivity contribution is 5.75. The minimum atomic E-state index is -4.13. The van der Waals surface area contributed by atoms with Gasteiger partial charge in [0.15, 0.2) is 5.65 Å². The van der Waals surface area contributed by atoms with Crippen LogP contribution in [-0.4, -0.2) is 44.9 Å². The molecule has 3 heterocycles. The van der Waals surface area contributed by atoms with Gasteiger partial charge >= 0.3 is 12.1 Å². The number of anilines is 1. The number of hydrogen-bond donors (Lipinski definition) is 1. The van der Waals surface area contributed by atoms with Crippen molar-refractivity contribution in [2.75, 3.05) is 18.0 Å². The molecule has 2 aliphatic rings. The molecule has 0 amide bonds. The van der Waals surface area contributed by atoms with Gasteiger partial charge in [0.25, 0.3) is 0 Å². The standard InChI is InChI=1S/C23H31F3N4O2/c1-4-17-14(2)27-19-12-18(15-6-8-16(9-7-15)23(24,25)26)28-30(19)20(17)29-11-5-10-22(3,13-29)21(31)32/h12,15-16H,4-11,13H2,1-3H3,(H,31,32). The predicted molar refractivity (Wildman–Crippen MR) is 115 cm³/mol. The van der Waals surface area contributed by atoms with Crippen LogP contribution in [0.4, 0.5) is 19.0 Å². The Kier molecular flexibility index (Phi) is 5.88. The van der Waals surface area contributed by atoms with Gasteiger partial charge in [0, 0.05) is 36.3 Å². The Morgan fingerprint density at radius 3 is 2.56 bits per heavy atom. The number of fused-ring (bicyclic) bond motifs is 1. The fourth-order valence-corrected chi connectivity index (χ4v) is 5.40. The molecule has 0 spiro atoms. The monoisotopic (exact) mass is 452 g/mol. The van der Waals surface area contributed by atoms with Crippen molar-refractivity contribution in [2.24, 2.45) is 11.3 Å². The van der Waals surface area contributed by atoms with E-state index >= 15 is 0 Å². The lowest BCUT2D eigenvalue weighted by Crippen LogP contribution is -2.47. The molecule has 0 aromatic carbocycles. The molecule has 1 atom stereocenters. The zero-order valence-electron chi connectivity index (χ0n) is 18.9. The molecule has 2 aromatic rings. The SMILES string of the molecule is CCc1c(C)nc2cc(C3CCC(C(F)(F)F)CC3)nn2c1N1CCCC(C)(C(=O)O)C1. The number of hydrogen-bond acceptors (Lipinski definition) is 4. The molecule has 176 valence electrons. The smallest absolute Gasteiger partial charge is 0.391 e. The van der Waals surface area contributed by atoms with Crippen LogP contribution in [0.1, 0.15) is 75.2 Å². The number of carboxylic acids is 1. The molecular formula is C23H31F3N4O2. The average molecular weight is 453 g/mol. The molecule has 2 fully saturated rings. The number of aliphatic carboxylic acids is 1. The van der Waals surface area contributed by atoms with Crippen LogP contribution in [0.2, 0.25) is 0 Å². The summed E-state index contributed by atoms with van der Waals surface area (Å²) >= 11 is 0. The molecule has 1 unspecified atom stereocenters. The number of halogens is 3. The van der Waals surface area contributed by atoms with Gasteiger partial charge in [0.1, 0.15) is 5.82 Å². The normalized spacial score (nSPS) is 27.1. The topological polar surface area (TPSA) is 70.7 Å². The lowest BCUT2D eigenvalue weighted by Gasteiger charge is -2.39. The summed E-state index contributed by atoms with van der Waals surface area (Å²) in [7, 11) is 0. The second-order valence-electron chi connectivity index (χ2n) is 9.67. The number of piperidine rings is 1. The van der Waals surface area contributed by atoms with Gasteiger partial charge in [-0.1, -0.05) is 6.92 Å². The van der Waals surface area contributed by atoms with E-state index in [-0.39, 0.29) is 18.8 Å². The fourth-order valence-electron chi connectivity index (χ4n) is 5.40. The van der Waals surface area contributed by atoms with E-state index < -0.39 is 23.5 Å². The Morgan fingerprint density at radius 1 is 1.28 bits per heavy atom. The van der Waals surface area contributed by atoms with Crippen LogP contribution in [0, 0.1) is 18.3 Å². The Balaban J connectivity index is 1.70. The Bertz CT molecular complexity index is 1010. The molecule has 9 heteroatoms. The molecule has 1 saturated carbocycles. The highest BCUT2D eigenvalue weighted by atomic mass is 19.4. The second-order valence-corrected chi connectivity index (χ2v) is 9.67. The lowest BCUT2D eigenvalue weighted by atomic mass is 9.80. The summed E-state index contributed by atoms with van der Waals surface area (Å²) in [4.78, 5) is 18.7. The number of nitrogens with zero attached hydrogens (tertiary/aromatic N) is 4. The molecule has 32 heavy (non-hydrogen) atoms. The summed E-state index contributed by atoms with van der Waals surface area (Å²) in [5.74, 6) is -1.16. The third-order valence-electron chi connectivity index (χ3n) is 7.37. The van der Waals surface area contributed by atoms with E-state index in [1.54, 1.807) is 11.4 Å². The van der Waals surface area contributed by atoms with Crippen molar-refractivity contribution in [1.29, 1.82) is 0 Å². The minimum absolute atomic E-state index is 0.0147. The van der Waals surface area contributed by atoms with Crippen molar-refractivity contribution in [3.05, 3.63) is 23.0 Å². The summed E-state index contributed by atoms with van der Waals surface area (Å²) in [5, 5.41) is 14.6. The molecular weight excluding hydrogens is 421 g/mol. The van der Waals surface area contributed by atoms with Crippen LogP contribution in [0.3, 0.4) is 0 Å². The highest BCUT2D eigenvalue weighted by Gasteiger charge is 2.42. The molecule has 1 aliphatic heterocycles. The van der Waals surface area contributed by atoms with Gasteiger partial charge in [0.05, 0.1) is 17.0 Å². The average Bonchev–Trinajstić information content (AvgIpc) is 3.15. The van der Waals surface area contributed by atoms with Gasteiger partial charge in [-0.15, -0.1) is 0 Å². The van der Waals surface area contributed by atoms with Crippen molar-refractivity contribution in [1.82, 2.24) is 14.6 Å². The Labute approximate surface area is 185 Å². The molecule has 0 radical (unpaired) electrons. The Morgan fingerprint density at radius 2 is 1.97 bits per heavy atom. The summed E-state index contributed by atoms with van der Waals surface area (Å²) in [5.41, 5.74) is 2.53. The number of carboxylic acid groups (broad SMARTS) is 1. The van der Waals surface area contributed by atoms with E-state index in [1.807, 2.05) is 19.9 Å². The van der Waals surface area contributed by atoms with Crippen LogP contribution < -0.4 is 4.90 Å². The van der Waals surface area contributed by atoms with Crippen LogP contribution in [0.15, 0.2) is 6.07 Å². The van der Waals surface area contributed by atoms with Crippen molar-refractivity contribution in [2.45, 2.75) is 77.8 Å². The van der Waals surface area contributed by atoms with Crippen molar-refractivity contribution < 1.29 is 23.1 Å². The maximum atomic E-state index is 13.1. The lowest BCUT2D eigenvalue weighted by molar-refractivity contribution is -0.182. The first kappa shape index (κ1) is 22.9. The van der Waals surface area contributed by atoms with Gasteiger partial charge < -0.3 is 10.0 Å². The summed E-state index contributed by atoms with van der Waals surface area (Å²) < 4.78 is 41.0. The molecule has 1 N–H and O–H groups in total. The van der Waals surface area contributed by atoms with Gasteiger partial charge in [-0.2, -0.15) is 22.8 Å². The van der Waals surface area contributed by atoms with Crippen molar-refractivity contribution in [3.63, 3.8) is 0 Å². The number of rotatable bonds is 4. The zero-order valence-corrected chi connectivity index (χ0v) is 18.9. The number of aromatic nitrogens is 3. The molecule has 1 aliphatic carbocycles. The first-order valence-corrected chi connectivity index (χ1v) is 11.5. The molecule has 1 saturated heterocycles. The van der Waals surface area contributed by atoms with Crippen molar-refractivity contribution >= 4 is 17.4 Å². The van der Waals surface area contributed by atoms with E-state index in [0.717, 1.165) is 42.2 Å². The minimum Gasteiger partial charge on any atom is -0.481 e. The quantitative estimate of drug-likeness (QED) is 0.697. The summed E-state index contributed by atoms with van der Waals surface area (Å²) in [6.07, 6.45) is -0.819. The first-order valence-electron chi connectivity index (χ1n) is 11.5. The van der Waals surface area contributed by atoms with Crippen LogP contribution in [-0.2, 0) is 11.2 Å². The highest BCUT2D eigenvalue weighted by Crippen LogP contribution is 2.43. The molecule has 2 aromatic heterocycles. The maximum absolute atomic E-state index is 13.1. The predicted octanol–water partition coefficient (Wildman–Crippen LogP) is 5.13. The van der Waals surface area contributed by atoms with Gasteiger partial charge in [0.2, 0.25) is 0 Å². The maximum Gasteiger partial charge on any atom is 0.391 e. The fraction of sp³-hybridized carbons (Fsp3) is 0.696. The summed E-state index contributed by atoms with van der Waals surface area (Å²) in [6.45, 7) is 6.90. The number of aryl methyl sites for hydroxylation is 1. The van der Waals surface area contributed by atoms with E-state index in [4.69, 9.17) is 10.1 Å². The van der Waals surface area contributed by atoms with E-state index in [9.17, 15) is 23.1 Å². The zero-order chi connectivity index (χ0) is 23.3. The van der Waals surface area contributed by atoms with E-state index in [1.165, 1.54) is 0 Å². The van der Waals surface area contributed by atoms with Gasteiger partial charge in [-0.05, 0) is 58.8 Å². The van der Waals surface area contributed by atoms with Gasteiger partial charge in [-0.3, -0.25) is 4.79 Å². The van der Waals surface area contributed by atoms with E-state index in [0.29, 0.717) is 31.5 Å². The molecule has 6 nitrogen and oxygen atoms in total. The summed E-state index contributed by atoms with van der Waals surface area (Å²) in [6, 6.07) is 1.90. The van der Waals surface area contributed by atoms with E-state index in [2.05, 4.69) is 4.90 Å². The van der Waals surface area contributed by atoms with Gasteiger partial charge in [-0.25, -0.2) is 4.98 Å². The van der Waals surface area contributed by atoms with Crippen LogP contribution in [0.25, 0.3) is 5.65 Å². The number of carbonyl (C=O) groups is 1. The van der Waals surface area contributed by atoms with Crippen LogP contribution in [0.5, 0.6) is 0 Å². The largest absolute Gasteiger partial charge is 0.481 e. The van der Waals surface area contributed by atoms with Crippen LogP contribution >= 0.6 is 0 Å². The third-order valence-corrected chi connectivity index (χ3v) is 7.37. The first-order chi connectivity index (χ1) is 15.0. The number of alkyl halides is 3. The second kappa shape index (κ2) is 8.23. The Hall–Kier alpha value is -2.32. The third kappa shape index (κ3) is 4.06.